The van der Waals surface area contributed by atoms with E-state index >= 15 is 0 Å². The Hall–Kier alpha value is -12.8. The third kappa shape index (κ3) is 24.1. The van der Waals surface area contributed by atoms with Crippen LogP contribution in [0.5, 0.6) is 0 Å². The van der Waals surface area contributed by atoms with Crippen LogP contribution in [0, 0.1) is 43.2 Å². The van der Waals surface area contributed by atoms with Crippen LogP contribution in [0.2, 0.25) is 0 Å². The fraction of sp³-hybridized carbons (Fsp3) is 0.396. The first kappa shape index (κ1) is 109. The lowest BCUT2D eigenvalue weighted by Gasteiger charge is -2.31. The van der Waals surface area contributed by atoms with Crippen molar-refractivity contribution in [3.63, 3.8) is 0 Å². The van der Waals surface area contributed by atoms with E-state index in [9.17, 15) is 94.5 Å². The number of alkyl halides is 3. The second kappa shape index (κ2) is 47.0. The monoisotopic (exact) mass is 2050 g/mol. The zero-order valence-corrected chi connectivity index (χ0v) is 84.4. The molecule has 0 bridgehead atoms. The SMILES string of the molecule is CC(=O)OCNC(=O)[C@H](C)CC(=O)[C@H](C)NC(=O)[C@H](C)CC(=O)OCC1c2ccccc2-c2ccccc21.CC[C@@]1(O)C(=O)OCc2c1cc1n(c2=O)Cc2c-1nc1cc(F)c(C)cc1c2CSCCS.CC[C@@]1(O)C(=O)OCc2c1cc1n(c2=O)Cc2c-1nc1cc(F)c(C)cc1c2CSCCSCCC(=O)[C@H](C)NC(=O)[C@H](C)CC(=O)[C@H](C)NC(=O)OCC1c2ccccc2-c2ccccc21.O=CC(F)(F)F. The molecule has 38 heteroatoms. The summed E-state index contributed by atoms with van der Waals surface area (Å²) >= 11 is 9.29. The summed E-state index contributed by atoms with van der Waals surface area (Å²) in [5, 5.41) is 34.3. The van der Waals surface area contributed by atoms with E-state index in [0.717, 1.165) is 101 Å². The van der Waals surface area contributed by atoms with Crippen molar-refractivity contribution in [1.29, 1.82) is 0 Å². The summed E-state index contributed by atoms with van der Waals surface area (Å²) in [6.07, 6.45) is -6.45. The van der Waals surface area contributed by atoms with Crippen molar-refractivity contribution in [2.75, 3.05) is 48.7 Å². The maximum Gasteiger partial charge on any atom is 0.446 e. The van der Waals surface area contributed by atoms with Gasteiger partial charge in [-0.05, 0) is 144 Å². The van der Waals surface area contributed by atoms with E-state index in [0.29, 0.717) is 68.7 Å². The lowest BCUT2D eigenvalue weighted by Crippen LogP contribution is -2.44. The molecule has 4 aliphatic heterocycles. The van der Waals surface area contributed by atoms with Gasteiger partial charge in [0.1, 0.15) is 38.1 Å². The molecule has 6 aliphatic rings. The molecule has 16 rings (SSSR count). The number of pyridine rings is 4. The summed E-state index contributed by atoms with van der Waals surface area (Å²) in [6, 6.07) is 39.4. The molecule has 144 heavy (non-hydrogen) atoms. The van der Waals surface area contributed by atoms with Gasteiger partial charge in [0.2, 0.25) is 24.0 Å². The molecule has 4 aromatic heterocycles. The molecule has 0 spiro atoms. The Morgan fingerprint density at radius 3 is 1.33 bits per heavy atom. The van der Waals surface area contributed by atoms with Gasteiger partial charge in [-0.1, -0.05) is 132 Å². The second-order valence-corrected chi connectivity index (χ2v) is 40.1. The van der Waals surface area contributed by atoms with Crippen LogP contribution in [-0.4, -0.2) is 174 Å². The van der Waals surface area contributed by atoms with Gasteiger partial charge >= 0.3 is 36.1 Å². The van der Waals surface area contributed by atoms with Gasteiger partial charge in [-0.3, -0.25) is 52.7 Å². The van der Waals surface area contributed by atoms with Crippen molar-refractivity contribution < 1.29 is 113 Å². The number of esters is 4. The first-order chi connectivity index (χ1) is 68.5. The fourth-order valence-corrected chi connectivity index (χ4v) is 21.6. The van der Waals surface area contributed by atoms with Crippen LogP contribution in [-0.2, 0) is 125 Å². The molecule has 8 heterocycles. The Balaban J connectivity index is 0.000000190. The number of alkyl carbamates (subject to hydrolysis) is 1. The van der Waals surface area contributed by atoms with Crippen molar-refractivity contribution in [1.82, 2.24) is 40.4 Å². The van der Waals surface area contributed by atoms with E-state index in [1.165, 1.54) is 26.0 Å². The van der Waals surface area contributed by atoms with E-state index < -0.39 is 113 Å². The van der Waals surface area contributed by atoms with Gasteiger partial charge in [0.25, 0.3) is 11.1 Å². The molecule has 6 N–H and O–H groups in total. The van der Waals surface area contributed by atoms with Crippen LogP contribution in [0.25, 0.3) is 66.8 Å². The molecule has 4 amide bonds. The summed E-state index contributed by atoms with van der Waals surface area (Å²) in [5.41, 5.74) is 13.0. The molecule has 0 saturated carbocycles. The van der Waals surface area contributed by atoms with Gasteiger partial charge in [-0.2, -0.15) is 61.1 Å². The summed E-state index contributed by atoms with van der Waals surface area (Å²) in [7, 11) is 0. The maximum atomic E-state index is 14.9. The van der Waals surface area contributed by atoms with Gasteiger partial charge in [0.15, 0.2) is 35.3 Å². The number of ether oxygens (including phenoxy) is 5. The number of aryl methyl sites for hydroxylation is 2. The minimum atomic E-state index is -4.64. The largest absolute Gasteiger partial charge is 0.465 e. The fourth-order valence-electron chi connectivity index (χ4n) is 18.2. The number of aldehydes is 1. The molecule has 0 saturated heterocycles. The van der Waals surface area contributed by atoms with E-state index in [4.69, 9.17) is 33.7 Å². The van der Waals surface area contributed by atoms with Crippen molar-refractivity contribution >= 4 is 141 Å². The van der Waals surface area contributed by atoms with Gasteiger partial charge in [-0.25, -0.2) is 33.1 Å². The number of thiol groups is 1. The number of thioether (sulfide) groups is 3. The highest BCUT2D eigenvalue weighted by Crippen LogP contribution is 2.49. The highest BCUT2D eigenvalue weighted by molar-refractivity contribution is 8.02. The third-order valence-corrected chi connectivity index (χ3v) is 30.2. The average molecular weight is 2060 g/mol. The maximum absolute atomic E-state index is 14.9. The first-order valence-electron chi connectivity index (χ1n) is 47.0. The lowest BCUT2D eigenvalue weighted by molar-refractivity contribution is -0.172. The van der Waals surface area contributed by atoms with Gasteiger partial charge in [0, 0.05) is 135 Å². The Labute approximate surface area is 844 Å². The molecule has 0 fully saturated rings. The minimum Gasteiger partial charge on any atom is -0.465 e. The molecule has 0 unspecified atom stereocenters. The summed E-state index contributed by atoms with van der Waals surface area (Å²) in [4.78, 5) is 183. The van der Waals surface area contributed by atoms with Crippen molar-refractivity contribution in [3.05, 3.63) is 244 Å². The number of rotatable bonds is 35. The van der Waals surface area contributed by atoms with E-state index in [2.05, 4.69) is 50.8 Å². The molecule has 29 nitrogen and oxygen atoms in total. The summed E-state index contributed by atoms with van der Waals surface area (Å²) < 4.78 is 89.9. The van der Waals surface area contributed by atoms with Crippen LogP contribution >= 0.6 is 47.9 Å². The Morgan fingerprint density at radius 2 is 0.917 bits per heavy atom. The number of Topliss-reactive ketones (excluding diaryl/α,β-unsaturated/α-hetero) is 3. The van der Waals surface area contributed by atoms with Crippen molar-refractivity contribution in [3.8, 4) is 45.0 Å². The number of cyclic esters (lactones) is 2. The third-order valence-electron chi connectivity index (χ3n) is 26.5. The number of hydrogen-bond acceptors (Lipinski definition) is 27. The number of ketones is 3. The average Bonchev–Trinajstić information content (AvgIpc) is 1.57. The summed E-state index contributed by atoms with van der Waals surface area (Å²) in [5.74, 6) is -2.95. The smallest absolute Gasteiger partial charge is 0.446 e. The van der Waals surface area contributed by atoms with Crippen LogP contribution in [0.15, 0.2) is 143 Å². The predicted molar refractivity (Wildman–Crippen MR) is 537 cm³/mol. The highest BCUT2D eigenvalue weighted by atomic mass is 32.2. The number of hydrogen-bond donors (Lipinski definition) is 7. The topological polar surface area (TPSA) is 409 Å². The molecular formula is C106H111F5N8O21S4. The zero-order chi connectivity index (χ0) is 104. The van der Waals surface area contributed by atoms with E-state index in [-0.39, 0.29) is 147 Å². The Morgan fingerprint density at radius 1 is 0.528 bits per heavy atom. The number of fused-ring (bicyclic) bond motifs is 16. The molecule has 760 valence electrons. The van der Waals surface area contributed by atoms with Crippen LogP contribution < -0.4 is 32.4 Å². The Kier molecular flexibility index (Phi) is 35.4. The molecule has 0 radical (unpaired) electrons. The minimum absolute atomic E-state index is 0.0196. The molecule has 10 aromatic rings. The molecule has 6 aromatic carbocycles. The molecule has 2 aliphatic carbocycles. The number of nitrogens with zero attached hydrogens (tertiary/aromatic N) is 4. The lowest BCUT2D eigenvalue weighted by atomic mass is 9.86. The highest BCUT2D eigenvalue weighted by Gasteiger charge is 2.48. The van der Waals surface area contributed by atoms with Crippen LogP contribution in [0.4, 0.5) is 26.7 Å². The number of nitrogens with one attached hydrogen (secondary N) is 4. The molecule has 8 atom stereocenters. The summed E-state index contributed by atoms with van der Waals surface area (Å²) in [6.45, 7) is 17.6. The zero-order valence-electron chi connectivity index (χ0n) is 81.0. The van der Waals surface area contributed by atoms with Crippen LogP contribution in [0.3, 0.4) is 0 Å². The number of aliphatic hydroxyl groups is 2. The Bertz CT molecular complexity index is 6760. The van der Waals surface area contributed by atoms with Gasteiger partial charge < -0.3 is 64.3 Å². The number of halogens is 5. The van der Waals surface area contributed by atoms with Crippen molar-refractivity contribution in [2.24, 2.45) is 17.8 Å². The standard InChI is InChI=1S/C51H53FN4O9S2.C29H34N2O7.C24H23FN2O4S2.C2HF3O/c1-6-51(63)40-21-43-46-36(23-56(43)48(60)38(40)25-64-49(51)61)39(35-19-27(2)41(52)22-42(35)55-46)26-67-18-17-66-16-15-44(57)29(4)53-47(59)28(3)20-45(58)30(5)54-50(62)65-24-37-33-13-9-7-11-31(33)32-12-8-10-14-34(32)37;1-17(28(35)30-16-38-20(4)32)13-26(33)19(3)31-29(36)18(2)14-27(34)37-15-25-23-11-7-5-9-21(23)22-10-6-8-12-24(22)25;1-3-24(30)17-7-20-21-14(9-27(20)22(28)15(17)10-31-23(24)29)16(11-33-5-4-32)13-6-12(2)18(25)8-19(13)26-21;3-2(4,5)1-6/h7-14,19,21-22,28-30,37,63H,6,15-18,20,23-26H2,1-5H3,(H,53,59)(H,54,62);5-12,17-19,25H,13-16H2,1-4H3,(H,30,35)(H,31,36);6-8,30,32H,3-5,9-11H2,1-2H3;1H/t28-,29+,30+,51+;17-,18-,19+;24-;/m110./s1. The number of aromatic nitrogens is 4. The first-order valence-corrected chi connectivity index (χ1v) is 51.1. The quantitative estimate of drug-likeness (QED) is 0.00369. The number of carbonyl (C=O) groups is 12. The number of carbonyl (C=O) groups excluding carboxylic acids is 12. The number of amides is 4. The van der Waals surface area contributed by atoms with Crippen molar-refractivity contribution in [2.45, 2.75) is 200 Å². The molecular weight excluding hydrogens is 1940 g/mol. The normalized spacial score (nSPS) is 16.5. The van der Waals surface area contributed by atoms with Gasteiger partial charge in [-0.15, -0.1) is 0 Å². The second-order valence-electron chi connectivity index (χ2n) is 36.2. The number of benzene rings is 6. The van der Waals surface area contributed by atoms with Crippen LogP contribution in [0.1, 0.15) is 191 Å². The predicted octanol–water partition coefficient (Wildman–Crippen LogP) is 15.0. The van der Waals surface area contributed by atoms with E-state index in [1.54, 1.807) is 125 Å². The van der Waals surface area contributed by atoms with Gasteiger partial charge in [0.05, 0.1) is 82.6 Å². The van der Waals surface area contributed by atoms with E-state index in [1.807, 2.05) is 91.0 Å².